The second-order valence-electron chi connectivity index (χ2n) is 5.04. The summed E-state index contributed by atoms with van der Waals surface area (Å²) in [4.78, 5) is 8.61. The lowest BCUT2D eigenvalue weighted by Crippen LogP contribution is -2.13. The Hall–Kier alpha value is -1.57. The Morgan fingerprint density at radius 3 is 2.33 bits per heavy atom. The summed E-state index contributed by atoms with van der Waals surface area (Å²) in [5.74, 6) is 0.282. The van der Waals surface area contributed by atoms with E-state index in [4.69, 9.17) is 32.7 Å². The van der Waals surface area contributed by atoms with Crippen LogP contribution in [-0.4, -0.2) is 38.9 Å². The lowest BCUT2D eigenvalue weighted by Gasteiger charge is -2.18. The second-order valence-corrected chi connectivity index (χ2v) is 8.05. The highest BCUT2D eigenvalue weighted by Gasteiger charge is 2.29. The maximum atomic E-state index is 12.3. The summed E-state index contributed by atoms with van der Waals surface area (Å²) in [5.41, 5.74) is 0.920. The number of hydrogen-bond donors (Lipinski definition) is 0. The van der Waals surface area contributed by atoms with Crippen molar-refractivity contribution in [3.05, 3.63) is 34.3 Å². The van der Waals surface area contributed by atoms with Crippen molar-refractivity contribution >= 4 is 44.1 Å². The van der Waals surface area contributed by atoms with Gasteiger partial charge in [0.2, 0.25) is 0 Å². The van der Waals surface area contributed by atoms with Crippen LogP contribution in [0.4, 0.5) is 0 Å². The van der Waals surface area contributed by atoms with E-state index in [2.05, 4.69) is 16.5 Å². The third-order valence-corrected chi connectivity index (χ3v) is 5.70. The summed E-state index contributed by atoms with van der Waals surface area (Å²) in [6.07, 6.45) is 2.78. The molecule has 6 nitrogen and oxygen atoms in total. The largest absolute Gasteiger partial charge is 0.477 e. The van der Waals surface area contributed by atoms with Gasteiger partial charge in [-0.2, -0.15) is 0 Å². The van der Waals surface area contributed by atoms with Crippen LogP contribution < -0.4 is 9.47 Å². The molecule has 1 atom stereocenters. The Labute approximate surface area is 150 Å². The number of ether oxygens (including phenoxy) is 2. The van der Waals surface area contributed by atoms with Crippen LogP contribution in [-0.2, 0) is 9.84 Å². The maximum Gasteiger partial charge on any atom is 0.278 e. The second kappa shape index (κ2) is 7.13. The molecule has 0 fully saturated rings. The summed E-state index contributed by atoms with van der Waals surface area (Å²) in [6.45, 7) is 3.61. The van der Waals surface area contributed by atoms with E-state index in [1.54, 1.807) is 0 Å². The molecule has 1 aromatic carbocycles. The Morgan fingerprint density at radius 1 is 1.25 bits per heavy atom. The standard InChI is InChI=1S/C15H16Cl2N2O4S/c1-5-6-10(24(4,20)21)11-12(17)8(16)7-9-13(11)19-15(23-3)14(18-9)22-2/h5,7,10H,1,6H2,2-4H3. The minimum Gasteiger partial charge on any atom is -0.477 e. The number of rotatable bonds is 6. The number of hydrogen-bond acceptors (Lipinski definition) is 6. The molecule has 0 aliphatic heterocycles. The average Bonchev–Trinajstić information content (AvgIpc) is 2.52. The van der Waals surface area contributed by atoms with Crippen LogP contribution in [0.25, 0.3) is 11.0 Å². The Kier molecular flexibility index (Phi) is 5.57. The first kappa shape index (κ1) is 18.8. The van der Waals surface area contributed by atoms with Gasteiger partial charge in [0, 0.05) is 11.8 Å². The van der Waals surface area contributed by atoms with Gasteiger partial charge in [0.05, 0.1) is 40.5 Å². The average molecular weight is 391 g/mol. The molecular formula is C15H16Cl2N2O4S. The zero-order chi connectivity index (χ0) is 18.1. The molecule has 2 aromatic rings. The van der Waals surface area contributed by atoms with Crippen LogP contribution >= 0.6 is 23.2 Å². The van der Waals surface area contributed by atoms with Gasteiger partial charge in [0.25, 0.3) is 11.8 Å². The van der Waals surface area contributed by atoms with Crippen molar-refractivity contribution in [3.8, 4) is 11.8 Å². The van der Waals surface area contributed by atoms with Gasteiger partial charge in [0.1, 0.15) is 0 Å². The van der Waals surface area contributed by atoms with Gasteiger partial charge in [-0.25, -0.2) is 18.4 Å². The number of methoxy groups -OCH3 is 2. The number of nitrogens with zero attached hydrogens (tertiary/aromatic N) is 2. The van der Waals surface area contributed by atoms with Crippen molar-refractivity contribution in [1.29, 1.82) is 0 Å². The number of halogens is 2. The summed E-state index contributed by atoms with van der Waals surface area (Å²) >= 11 is 12.5. The molecule has 2 rings (SSSR count). The summed E-state index contributed by atoms with van der Waals surface area (Å²) in [6, 6.07) is 1.50. The van der Waals surface area contributed by atoms with Crippen molar-refractivity contribution in [2.75, 3.05) is 20.5 Å². The van der Waals surface area contributed by atoms with Gasteiger partial charge < -0.3 is 9.47 Å². The Balaban J connectivity index is 2.94. The van der Waals surface area contributed by atoms with Crippen LogP contribution in [0.5, 0.6) is 11.8 Å². The molecule has 0 spiro atoms. The van der Waals surface area contributed by atoms with Crippen molar-refractivity contribution in [2.45, 2.75) is 11.7 Å². The van der Waals surface area contributed by atoms with Gasteiger partial charge in [-0.1, -0.05) is 29.3 Å². The highest BCUT2D eigenvalue weighted by Crippen LogP contribution is 2.41. The van der Waals surface area contributed by atoms with Crippen LogP contribution in [0.3, 0.4) is 0 Å². The zero-order valence-corrected chi connectivity index (χ0v) is 15.7. The molecule has 0 amide bonds. The van der Waals surface area contributed by atoms with Gasteiger partial charge in [0.15, 0.2) is 9.84 Å². The molecule has 1 aromatic heterocycles. The quantitative estimate of drug-likeness (QED) is 0.700. The molecule has 24 heavy (non-hydrogen) atoms. The fraction of sp³-hybridized carbons (Fsp3) is 0.333. The predicted molar refractivity (Wildman–Crippen MR) is 95.1 cm³/mol. The number of aromatic nitrogens is 2. The van der Waals surface area contributed by atoms with Crippen molar-refractivity contribution in [2.24, 2.45) is 0 Å². The van der Waals surface area contributed by atoms with E-state index < -0.39 is 15.1 Å². The monoisotopic (exact) mass is 390 g/mol. The van der Waals surface area contributed by atoms with Gasteiger partial charge in [-0.05, 0) is 12.5 Å². The third-order valence-electron chi connectivity index (χ3n) is 3.43. The molecular weight excluding hydrogens is 375 g/mol. The smallest absolute Gasteiger partial charge is 0.278 e. The van der Waals surface area contributed by atoms with Crippen LogP contribution in [0.1, 0.15) is 17.2 Å². The van der Waals surface area contributed by atoms with Crippen molar-refractivity contribution in [1.82, 2.24) is 9.97 Å². The fourth-order valence-corrected chi connectivity index (χ4v) is 4.04. The summed E-state index contributed by atoms with van der Waals surface area (Å²) < 4.78 is 34.8. The molecule has 9 heteroatoms. The van der Waals surface area contributed by atoms with E-state index in [1.165, 1.54) is 26.4 Å². The van der Waals surface area contributed by atoms with E-state index >= 15 is 0 Å². The van der Waals surface area contributed by atoms with Crippen molar-refractivity contribution < 1.29 is 17.9 Å². The lowest BCUT2D eigenvalue weighted by atomic mass is 10.1. The number of fused-ring (bicyclic) bond motifs is 1. The Morgan fingerprint density at radius 2 is 1.83 bits per heavy atom. The van der Waals surface area contributed by atoms with E-state index in [0.29, 0.717) is 11.0 Å². The minimum atomic E-state index is -3.50. The highest BCUT2D eigenvalue weighted by atomic mass is 35.5. The highest BCUT2D eigenvalue weighted by molar-refractivity contribution is 7.91. The SMILES string of the molecule is C=CCC(c1c(Cl)c(Cl)cc2nc(OC)c(OC)nc12)S(C)(=O)=O. The van der Waals surface area contributed by atoms with Crippen LogP contribution in [0.15, 0.2) is 18.7 Å². The normalized spacial score (nSPS) is 12.9. The molecule has 0 aliphatic rings. The van der Waals surface area contributed by atoms with Crippen LogP contribution in [0, 0.1) is 0 Å². The maximum absolute atomic E-state index is 12.3. The minimum absolute atomic E-state index is 0.114. The molecule has 0 saturated heterocycles. The van der Waals surface area contributed by atoms with Gasteiger partial charge in [-0.15, -0.1) is 6.58 Å². The number of benzene rings is 1. The fourth-order valence-electron chi connectivity index (χ4n) is 2.35. The number of sulfone groups is 1. The molecule has 0 aliphatic carbocycles. The predicted octanol–water partition coefficient (Wildman–Crippen LogP) is 3.62. The van der Waals surface area contributed by atoms with Crippen LogP contribution in [0.2, 0.25) is 10.0 Å². The molecule has 0 saturated carbocycles. The molecule has 0 N–H and O–H groups in total. The first-order valence-corrected chi connectivity index (χ1v) is 9.53. The molecule has 0 radical (unpaired) electrons. The molecule has 130 valence electrons. The summed E-state index contributed by atoms with van der Waals surface area (Å²) in [5, 5.41) is -0.655. The van der Waals surface area contributed by atoms with Gasteiger partial charge >= 0.3 is 0 Å². The summed E-state index contributed by atoms with van der Waals surface area (Å²) in [7, 11) is -0.666. The Bertz CT molecular complexity index is 900. The molecule has 1 heterocycles. The first-order chi connectivity index (χ1) is 11.2. The molecule has 0 bridgehead atoms. The van der Waals surface area contributed by atoms with Gasteiger partial charge in [-0.3, -0.25) is 0 Å². The number of allylic oxidation sites excluding steroid dienone is 1. The lowest BCUT2D eigenvalue weighted by molar-refractivity contribution is 0.334. The zero-order valence-electron chi connectivity index (χ0n) is 13.3. The van der Waals surface area contributed by atoms with Crippen molar-refractivity contribution in [3.63, 3.8) is 0 Å². The van der Waals surface area contributed by atoms with E-state index in [1.807, 2.05) is 0 Å². The topological polar surface area (TPSA) is 78.4 Å². The first-order valence-electron chi connectivity index (χ1n) is 6.82. The van der Waals surface area contributed by atoms with E-state index in [-0.39, 0.29) is 33.8 Å². The van der Waals surface area contributed by atoms with E-state index in [9.17, 15) is 8.42 Å². The van der Waals surface area contributed by atoms with E-state index in [0.717, 1.165) is 6.26 Å². The molecule has 1 unspecified atom stereocenters. The third kappa shape index (κ3) is 3.43.